The van der Waals surface area contributed by atoms with E-state index in [9.17, 15) is 0 Å². The van der Waals surface area contributed by atoms with Gasteiger partial charge in [-0.3, -0.25) is 4.90 Å². The zero-order chi connectivity index (χ0) is 14.7. The second-order valence-corrected chi connectivity index (χ2v) is 6.72. The van der Waals surface area contributed by atoms with Crippen molar-refractivity contribution < 1.29 is 0 Å². The summed E-state index contributed by atoms with van der Waals surface area (Å²) in [6.45, 7) is 6.73. The maximum absolute atomic E-state index is 6.22. The Morgan fingerprint density at radius 3 is 2.65 bits per heavy atom. The van der Waals surface area contributed by atoms with Crippen LogP contribution in [-0.2, 0) is 0 Å². The van der Waals surface area contributed by atoms with Crippen LogP contribution in [0.2, 0.25) is 10.0 Å². The maximum atomic E-state index is 6.22. The van der Waals surface area contributed by atoms with Crippen LogP contribution >= 0.6 is 23.2 Å². The van der Waals surface area contributed by atoms with E-state index < -0.39 is 0 Å². The molecule has 1 saturated heterocycles. The number of halogens is 2. The fraction of sp³-hybridized carbons (Fsp3) is 0.625. The van der Waals surface area contributed by atoms with E-state index in [1.807, 2.05) is 19.2 Å². The van der Waals surface area contributed by atoms with Gasteiger partial charge in [-0.25, -0.2) is 0 Å². The number of nitrogens with zero attached hydrogens (tertiary/aromatic N) is 1. The summed E-state index contributed by atoms with van der Waals surface area (Å²) in [5.41, 5.74) is 1.29. The molecular formula is C16H24Cl2N2. The van der Waals surface area contributed by atoms with Gasteiger partial charge in [0.05, 0.1) is 10.0 Å². The molecule has 2 nitrogen and oxygen atoms in total. The highest BCUT2D eigenvalue weighted by atomic mass is 35.5. The zero-order valence-electron chi connectivity index (χ0n) is 12.5. The molecule has 112 valence electrons. The lowest BCUT2D eigenvalue weighted by Gasteiger charge is -2.44. The van der Waals surface area contributed by atoms with Gasteiger partial charge in [0.25, 0.3) is 0 Å². The van der Waals surface area contributed by atoms with Crippen LogP contribution in [0.1, 0.15) is 38.3 Å². The Morgan fingerprint density at radius 2 is 2.05 bits per heavy atom. The molecule has 0 spiro atoms. The quantitative estimate of drug-likeness (QED) is 0.887. The number of hydrogen-bond acceptors (Lipinski definition) is 2. The van der Waals surface area contributed by atoms with Crippen molar-refractivity contribution >= 4 is 23.2 Å². The first-order valence-electron chi connectivity index (χ1n) is 7.40. The Morgan fingerprint density at radius 1 is 1.30 bits per heavy atom. The lowest BCUT2D eigenvalue weighted by molar-refractivity contribution is 0.0636. The molecule has 0 aromatic heterocycles. The molecule has 2 atom stereocenters. The highest BCUT2D eigenvalue weighted by molar-refractivity contribution is 6.42. The largest absolute Gasteiger partial charge is 0.319 e. The summed E-state index contributed by atoms with van der Waals surface area (Å²) in [7, 11) is 2.03. The van der Waals surface area contributed by atoms with Crippen molar-refractivity contribution in [1.82, 2.24) is 10.2 Å². The molecule has 1 fully saturated rings. The van der Waals surface area contributed by atoms with Crippen molar-refractivity contribution in [2.45, 2.75) is 38.8 Å². The summed E-state index contributed by atoms with van der Waals surface area (Å²) in [5.74, 6) is 0.619. The Kier molecular flexibility index (Phi) is 5.74. The average molecular weight is 315 g/mol. The van der Waals surface area contributed by atoms with E-state index in [0.717, 1.165) is 13.1 Å². The molecule has 1 aromatic carbocycles. The molecule has 1 aliphatic heterocycles. The Bertz CT molecular complexity index is 446. The van der Waals surface area contributed by atoms with Crippen molar-refractivity contribution in [3.05, 3.63) is 33.8 Å². The van der Waals surface area contributed by atoms with Crippen molar-refractivity contribution in [1.29, 1.82) is 0 Å². The molecule has 4 heteroatoms. The predicted octanol–water partition coefficient (Wildman–Crippen LogP) is 4.37. The molecule has 0 saturated carbocycles. The van der Waals surface area contributed by atoms with E-state index in [4.69, 9.17) is 23.2 Å². The normalized spacial score (nSPS) is 24.3. The van der Waals surface area contributed by atoms with E-state index in [-0.39, 0.29) is 0 Å². The molecule has 1 aromatic rings. The van der Waals surface area contributed by atoms with Crippen LogP contribution in [0.25, 0.3) is 0 Å². The molecule has 1 heterocycles. The Hall–Kier alpha value is -0.280. The number of benzene rings is 1. The van der Waals surface area contributed by atoms with E-state index in [1.165, 1.54) is 18.4 Å². The molecule has 20 heavy (non-hydrogen) atoms. The van der Waals surface area contributed by atoms with Gasteiger partial charge in [-0.15, -0.1) is 0 Å². The number of likely N-dealkylation sites (tertiary alicyclic amines) is 1. The van der Waals surface area contributed by atoms with Crippen molar-refractivity contribution in [2.24, 2.45) is 5.92 Å². The lowest BCUT2D eigenvalue weighted by Crippen LogP contribution is -2.45. The molecular weight excluding hydrogens is 291 g/mol. The first-order valence-corrected chi connectivity index (χ1v) is 8.15. The van der Waals surface area contributed by atoms with Crippen LogP contribution in [0.3, 0.4) is 0 Å². The van der Waals surface area contributed by atoms with Crippen molar-refractivity contribution in [2.75, 3.05) is 20.1 Å². The van der Waals surface area contributed by atoms with Crippen LogP contribution in [0.5, 0.6) is 0 Å². The van der Waals surface area contributed by atoms with Gasteiger partial charge in [-0.1, -0.05) is 29.3 Å². The van der Waals surface area contributed by atoms with Gasteiger partial charge in [0.15, 0.2) is 0 Å². The third-order valence-electron chi connectivity index (χ3n) is 4.21. The number of piperidine rings is 1. The van der Waals surface area contributed by atoms with Crippen molar-refractivity contribution in [3.63, 3.8) is 0 Å². The Labute approximate surface area is 132 Å². The van der Waals surface area contributed by atoms with Crippen LogP contribution in [0, 0.1) is 5.92 Å². The number of rotatable bonds is 4. The zero-order valence-corrected chi connectivity index (χ0v) is 14.0. The molecule has 2 unspecified atom stereocenters. The second kappa shape index (κ2) is 7.13. The number of nitrogens with one attached hydrogen (secondary N) is 1. The predicted molar refractivity (Wildman–Crippen MR) is 87.7 cm³/mol. The van der Waals surface area contributed by atoms with Gasteiger partial charge in [0.1, 0.15) is 0 Å². The molecule has 2 rings (SSSR count). The van der Waals surface area contributed by atoms with Crippen LogP contribution < -0.4 is 5.32 Å². The summed E-state index contributed by atoms with van der Waals surface area (Å²) in [5, 5.41) is 4.62. The molecule has 1 N–H and O–H groups in total. The summed E-state index contributed by atoms with van der Waals surface area (Å²) in [4.78, 5) is 2.59. The van der Waals surface area contributed by atoms with E-state index in [0.29, 0.717) is 28.0 Å². The highest BCUT2D eigenvalue weighted by Gasteiger charge is 2.33. The van der Waals surface area contributed by atoms with Gasteiger partial charge in [0.2, 0.25) is 0 Å². The molecule has 1 aliphatic rings. The minimum atomic E-state index is 0.422. The minimum Gasteiger partial charge on any atom is -0.319 e. The molecule has 0 radical (unpaired) electrons. The SMILES string of the molecule is CNCC1CCCN(C(C)C)C1c1ccc(Cl)c(Cl)c1. The van der Waals surface area contributed by atoms with E-state index in [1.54, 1.807) is 0 Å². The van der Waals surface area contributed by atoms with Crippen LogP contribution in [0.15, 0.2) is 18.2 Å². The highest BCUT2D eigenvalue weighted by Crippen LogP contribution is 2.38. The smallest absolute Gasteiger partial charge is 0.0595 e. The van der Waals surface area contributed by atoms with Gasteiger partial charge >= 0.3 is 0 Å². The first kappa shape index (κ1) is 16.1. The molecule has 0 aliphatic carbocycles. The number of hydrogen-bond donors (Lipinski definition) is 1. The molecule has 0 bridgehead atoms. The summed E-state index contributed by atoms with van der Waals surface area (Å²) < 4.78 is 0. The third-order valence-corrected chi connectivity index (χ3v) is 4.95. The maximum Gasteiger partial charge on any atom is 0.0595 e. The van der Waals surface area contributed by atoms with Gasteiger partial charge in [-0.05, 0) is 70.4 Å². The molecule has 0 amide bonds. The van der Waals surface area contributed by atoms with Crippen molar-refractivity contribution in [3.8, 4) is 0 Å². The fourth-order valence-electron chi connectivity index (χ4n) is 3.32. The van der Waals surface area contributed by atoms with Crippen LogP contribution in [-0.4, -0.2) is 31.1 Å². The minimum absolute atomic E-state index is 0.422. The summed E-state index contributed by atoms with van der Waals surface area (Å²) >= 11 is 12.3. The topological polar surface area (TPSA) is 15.3 Å². The fourth-order valence-corrected chi connectivity index (χ4v) is 3.63. The van der Waals surface area contributed by atoms with Gasteiger partial charge in [0, 0.05) is 12.1 Å². The lowest BCUT2D eigenvalue weighted by atomic mass is 9.83. The summed E-state index contributed by atoms with van der Waals surface area (Å²) in [6.07, 6.45) is 2.53. The summed E-state index contributed by atoms with van der Waals surface area (Å²) in [6, 6.07) is 7.04. The van der Waals surface area contributed by atoms with Crippen LogP contribution in [0.4, 0.5) is 0 Å². The Balaban J connectivity index is 2.35. The third kappa shape index (κ3) is 3.48. The van der Waals surface area contributed by atoms with Gasteiger partial charge in [-0.2, -0.15) is 0 Å². The standard InChI is InChI=1S/C16H24Cl2N2/c1-11(2)20-8-4-5-13(10-19-3)16(20)12-6-7-14(17)15(18)9-12/h6-7,9,11,13,16,19H,4-5,8,10H2,1-3H3. The monoisotopic (exact) mass is 314 g/mol. The van der Waals surface area contributed by atoms with Gasteiger partial charge < -0.3 is 5.32 Å². The average Bonchev–Trinajstić information content (AvgIpc) is 2.42. The van der Waals surface area contributed by atoms with E-state index >= 15 is 0 Å². The van der Waals surface area contributed by atoms with E-state index in [2.05, 4.69) is 30.1 Å². The first-order chi connectivity index (χ1) is 9.54. The second-order valence-electron chi connectivity index (χ2n) is 5.91.